The van der Waals surface area contributed by atoms with Gasteiger partial charge in [-0.1, -0.05) is 0 Å². The van der Waals surface area contributed by atoms with Crippen LogP contribution in [0.1, 0.15) is 15.9 Å². The summed E-state index contributed by atoms with van der Waals surface area (Å²) in [6.45, 7) is 1.53. The van der Waals surface area contributed by atoms with Crippen molar-refractivity contribution in [3.8, 4) is 23.0 Å². The highest BCUT2D eigenvalue weighted by Crippen LogP contribution is 2.26. The second-order valence-electron chi connectivity index (χ2n) is 7.01. The Balaban J connectivity index is 1.55. The first kappa shape index (κ1) is 21.6. The zero-order valence-electron chi connectivity index (χ0n) is 17.6. The molecule has 0 spiro atoms. The van der Waals surface area contributed by atoms with Gasteiger partial charge in [-0.15, -0.1) is 0 Å². The summed E-state index contributed by atoms with van der Waals surface area (Å²) >= 11 is 0. The number of nitro benzene ring substituents is 1. The number of fused-ring (bicyclic) bond motifs is 1. The number of methoxy groups -OCH3 is 1. The van der Waals surface area contributed by atoms with Crippen LogP contribution in [0.4, 0.5) is 5.69 Å². The second-order valence-corrected chi connectivity index (χ2v) is 7.01. The molecule has 0 bridgehead atoms. The minimum Gasteiger partial charge on any atom is -0.497 e. The summed E-state index contributed by atoms with van der Waals surface area (Å²) in [4.78, 5) is 35.6. The maximum atomic E-state index is 12.8. The zero-order chi connectivity index (χ0) is 23.5. The van der Waals surface area contributed by atoms with Crippen LogP contribution in [0.3, 0.4) is 0 Å². The summed E-state index contributed by atoms with van der Waals surface area (Å²) in [7, 11) is 1.55. The van der Waals surface area contributed by atoms with Gasteiger partial charge in [0.2, 0.25) is 11.2 Å². The van der Waals surface area contributed by atoms with E-state index in [2.05, 4.69) is 0 Å². The Kier molecular flexibility index (Phi) is 5.77. The standard InChI is InChI=1S/C24H17NO8/c1-14-11-15(3-10-20(14)25(28)29)24(27)33-18-8-9-19-21(12-18)31-13-22(23(19)26)32-17-6-4-16(30-2)5-7-17/h3-13H,1-2H3. The van der Waals surface area contributed by atoms with E-state index in [0.717, 1.165) is 0 Å². The molecule has 0 atom stereocenters. The van der Waals surface area contributed by atoms with Gasteiger partial charge < -0.3 is 18.6 Å². The molecule has 1 aromatic heterocycles. The molecule has 0 aliphatic rings. The molecule has 4 rings (SSSR count). The molecule has 0 fully saturated rings. The van der Waals surface area contributed by atoms with Gasteiger partial charge in [0, 0.05) is 17.7 Å². The van der Waals surface area contributed by atoms with Gasteiger partial charge in [0.25, 0.3) is 5.69 Å². The number of aryl methyl sites for hydroxylation is 1. The predicted octanol–water partition coefficient (Wildman–Crippen LogP) is 5.03. The molecular formula is C24H17NO8. The summed E-state index contributed by atoms with van der Waals surface area (Å²) in [5.41, 5.74) is 0.209. The van der Waals surface area contributed by atoms with Crippen molar-refractivity contribution < 1.29 is 28.3 Å². The predicted molar refractivity (Wildman–Crippen MR) is 118 cm³/mol. The Morgan fingerprint density at radius 1 is 0.970 bits per heavy atom. The Hall–Kier alpha value is -4.66. The first-order valence-corrected chi connectivity index (χ1v) is 9.70. The van der Waals surface area contributed by atoms with Gasteiger partial charge in [-0.05, 0) is 55.5 Å². The molecule has 0 radical (unpaired) electrons. The Morgan fingerprint density at radius 2 is 1.67 bits per heavy atom. The maximum Gasteiger partial charge on any atom is 0.343 e. The van der Waals surface area contributed by atoms with Gasteiger partial charge >= 0.3 is 5.97 Å². The molecule has 33 heavy (non-hydrogen) atoms. The summed E-state index contributed by atoms with van der Waals surface area (Å²) in [6.07, 6.45) is 1.18. The molecule has 0 saturated carbocycles. The van der Waals surface area contributed by atoms with Crippen LogP contribution in [0.2, 0.25) is 0 Å². The van der Waals surface area contributed by atoms with Crippen molar-refractivity contribution in [1.29, 1.82) is 0 Å². The number of ether oxygens (including phenoxy) is 3. The van der Waals surface area contributed by atoms with E-state index in [9.17, 15) is 19.7 Å². The third-order valence-corrected chi connectivity index (χ3v) is 4.84. The van der Waals surface area contributed by atoms with E-state index < -0.39 is 16.3 Å². The lowest BCUT2D eigenvalue weighted by Crippen LogP contribution is -2.10. The molecule has 166 valence electrons. The number of carbonyl (C=O) groups is 1. The van der Waals surface area contributed by atoms with E-state index in [4.69, 9.17) is 18.6 Å². The van der Waals surface area contributed by atoms with Crippen LogP contribution in [-0.2, 0) is 0 Å². The Labute approximate surface area is 186 Å². The number of hydrogen-bond donors (Lipinski definition) is 0. The Morgan fingerprint density at radius 3 is 2.33 bits per heavy atom. The number of nitro groups is 1. The molecule has 0 aliphatic heterocycles. The van der Waals surface area contributed by atoms with E-state index in [1.807, 2.05) is 0 Å². The van der Waals surface area contributed by atoms with Crippen molar-refractivity contribution in [2.45, 2.75) is 6.92 Å². The summed E-state index contributed by atoms with van der Waals surface area (Å²) in [6, 6.07) is 15.0. The third-order valence-electron chi connectivity index (χ3n) is 4.84. The minimum absolute atomic E-state index is 0.00114. The topological polar surface area (TPSA) is 118 Å². The lowest BCUT2D eigenvalue weighted by Gasteiger charge is -2.08. The molecule has 0 unspecified atom stereocenters. The average Bonchev–Trinajstić information content (AvgIpc) is 2.81. The molecule has 9 heteroatoms. The number of carbonyl (C=O) groups excluding carboxylic acids is 1. The van der Waals surface area contributed by atoms with Crippen LogP contribution in [0.5, 0.6) is 23.0 Å². The quantitative estimate of drug-likeness (QED) is 0.175. The third kappa shape index (κ3) is 4.52. The fourth-order valence-corrected chi connectivity index (χ4v) is 3.15. The van der Waals surface area contributed by atoms with E-state index in [1.54, 1.807) is 31.4 Å². The van der Waals surface area contributed by atoms with Gasteiger partial charge in [-0.2, -0.15) is 0 Å². The highest BCUT2D eigenvalue weighted by atomic mass is 16.6. The summed E-state index contributed by atoms with van der Waals surface area (Å²) < 4.78 is 21.6. The highest BCUT2D eigenvalue weighted by molar-refractivity contribution is 5.92. The smallest absolute Gasteiger partial charge is 0.343 e. The number of esters is 1. The first-order valence-electron chi connectivity index (χ1n) is 9.70. The largest absolute Gasteiger partial charge is 0.497 e. The molecule has 0 N–H and O–H groups in total. The second kappa shape index (κ2) is 8.83. The summed E-state index contributed by atoms with van der Waals surface area (Å²) in [5, 5.41) is 11.2. The molecular weight excluding hydrogens is 430 g/mol. The van der Waals surface area contributed by atoms with E-state index in [0.29, 0.717) is 17.1 Å². The molecule has 4 aromatic rings. The average molecular weight is 447 g/mol. The van der Waals surface area contributed by atoms with Crippen LogP contribution >= 0.6 is 0 Å². The van der Waals surface area contributed by atoms with Crippen LogP contribution < -0.4 is 19.6 Å². The van der Waals surface area contributed by atoms with Gasteiger partial charge in [0.05, 0.1) is 23.0 Å². The van der Waals surface area contributed by atoms with Gasteiger partial charge in [-0.3, -0.25) is 14.9 Å². The van der Waals surface area contributed by atoms with Crippen LogP contribution in [0.25, 0.3) is 11.0 Å². The molecule has 0 amide bonds. The van der Waals surface area contributed by atoms with Crippen molar-refractivity contribution in [3.63, 3.8) is 0 Å². The van der Waals surface area contributed by atoms with Crippen LogP contribution in [-0.4, -0.2) is 18.0 Å². The SMILES string of the molecule is COc1ccc(Oc2coc3cc(OC(=O)c4ccc([N+](=O)[O-])c(C)c4)ccc3c2=O)cc1. The van der Waals surface area contributed by atoms with Gasteiger partial charge in [-0.25, -0.2) is 4.79 Å². The van der Waals surface area contributed by atoms with E-state index in [-0.39, 0.29) is 33.7 Å². The van der Waals surface area contributed by atoms with Gasteiger partial charge in [0.15, 0.2) is 0 Å². The molecule has 0 saturated heterocycles. The van der Waals surface area contributed by atoms with Crippen LogP contribution in [0, 0.1) is 17.0 Å². The van der Waals surface area contributed by atoms with E-state index in [1.165, 1.54) is 49.6 Å². The normalized spacial score (nSPS) is 10.6. The fraction of sp³-hybridized carbons (Fsp3) is 0.0833. The molecule has 1 heterocycles. The van der Waals surface area contributed by atoms with Crippen molar-refractivity contribution in [2.75, 3.05) is 7.11 Å². The van der Waals surface area contributed by atoms with Crippen molar-refractivity contribution in [2.24, 2.45) is 0 Å². The number of benzene rings is 3. The summed E-state index contributed by atoms with van der Waals surface area (Å²) in [5.74, 6) is 0.536. The lowest BCUT2D eigenvalue weighted by molar-refractivity contribution is -0.385. The monoisotopic (exact) mass is 447 g/mol. The van der Waals surface area contributed by atoms with Crippen molar-refractivity contribution >= 4 is 22.6 Å². The van der Waals surface area contributed by atoms with E-state index >= 15 is 0 Å². The zero-order valence-corrected chi connectivity index (χ0v) is 17.6. The number of hydrogen-bond acceptors (Lipinski definition) is 8. The Bertz CT molecular complexity index is 1420. The first-order chi connectivity index (χ1) is 15.9. The molecule has 3 aromatic carbocycles. The minimum atomic E-state index is -0.700. The number of nitrogens with zero attached hydrogens (tertiary/aromatic N) is 1. The van der Waals surface area contributed by atoms with Crippen molar-refractivity contribution in [3.05, 3.63) is 98.4 Å². The van der Waals surface area contributed by atoms with Crippen LogP contribution in [0.15, 0.2) is 76.1 Å². The van der Waals surface area contributed by atoms with Gasteiger partial charge in [0.1, 0.15) is 29.1 Å². The maximum absolute atomic E-state index is 12.8. The highest BCUT2D eigenvalue weighted by Gasteiger charge is 2.16. The van der Waals surface area contributed by atoms with Crippen molar-refractivity contribution in [1.82, 2.24) is 0 Å². The number of rotatable bonds is 6. The lowest BCUT2D eigenvalue weighted by atomic mass is 10.1. The fourth-order valence-electron chi connectivity index (χ4n) is 3.15. The molecule has 0 aliphatic carbocycles. The molecule has 9 nitrogen and oxygen atoms in total.